The van der Waals surface area contributed by atoms with Gasteiger partial charge in [0.1, 0.15) is 5.71 Å². The first-order valence-electron chi connectivity index (χ1n) is 4.17. The average Bonchev–Trinajstić information content (AvgIpc) is 2.29. The van der Waals surface area contributed by atoms with Gasteiger partial charge in [-0.3, -0.25) is 9.78 Å². The molecule has 1 rings (SSSR count). The molecule has 78 valence electrons. The SMILES string of the molecule is C/C(=N\O)C(=O)N/N=C/c1ccccn1. The fraction of sp³-hybridized carbons (Fsp3) is 0.111. The summed E-state index contributed by atoms with van der Waals surface area (Å²) in [4.78, 5) is 15.0. The Hall–Kier alpha value is -2.24. The Morgan fingerprint density at radius 3 is 3.00 bits per heavy atom. The fourth-order valence-corrected chi connectivity index (χ4v) is 0.736. The van der Waals surface area contributed by atoms with E-state index in [1.54, 1.807) is 24.4 Å². The monoisotopic (exact) mass is 206 g/mol. The minimum Gasteiger partial charge on any atom is -0.410 e. The number of nitrogens with one attached hydrogen (secondary N) is 1. The van der Waals surface area contributed by atoms with Gasteiger partial charge in [-0.25, -0.2) is 5.43 Å². The van der Waals surface area contributed by atoms with E-state index in [1.807, 2.05) is 0 Å². The van der Waals surface area contributed by atoms with Crippen molar-refractivity contribution in [2.45, 2.75) is 6.92 Å². The first-order valence-corrected chi connectivity index (χ1v) is 4.17. The maximum atomic E-state index is 11.0. The molecule has 0 saturated heterocycles. The second kappa shape index (κ2) is 5.48. The molecule has 15 heavy (non-hydrogen) atoms. The van der Waals surface area contributed by atoms with Gasteiger partial charge in [-0.2, -0.15) is 5.10 Å². The molecule has 0 atom stereocenters. The van der Waals surface area contributed by atoms with Crippen LogP contribution in [0.4, 0.5) is 0 Å². The molecule has 1 aromatic heterocycles. The average molecular weight is 206 g/mol. The first-order chi connectivity index (χ1) is 7.24. The van der Waals surface area contributed by atoms with Gasteiger partial charge < -0.3 is 5.21 Å². The first kappa shape index (κ1) is 10.8. The molecule has 0 aliphatic heterocycles. The van der Waals surface area contributed by atoms with Crippen LogP contribution < -0.4 is 5.43 Å². The highest BCUT2D eigenvalue weighted by molar-refractivity contribution is 6.37. The van der Waals surface area contributed by atoms with E-state index < -0.39 is 5.91 Å². The lowest BCUT2D eigenvalue weighted by Crippen LogP contribution is -2.24. The van der Waals surface area contributed by atoms with Crippen LogP contribution in [0.5, 0.6) is 0 Å². The molecule has 0 aliphatic rings. The predicted molar refractivity (Wildman–Crippen MR) is 54.9 cm³/mol. The molecule has 1 aromatic rings. The van der Waals surface area contributed by atoms with Gasteiger partial charge in [0, 0.05) is 6.20 Å². The van der Waals surface area contributed by atoms with Crippen LogP contribution in [-0.4, -0.2) is 28.0 Å². The molecule has 1 heterocycles. The number of nitrogens with zero attached hydrogens (tertiary/aromatic N) is 3. The van der Waals surface area contributed by atoms with E-state index in [1.165, 1.54) is 13.1 Å². The predicted octanol–water partition coefficient (Wildman–Crippen LogP) is 0.382. The van der Waals surface area contributed by atoms with Crippen LogP contribution in [0.1, 0.15) is 12.6 Å². The highest BCUT2D eigenvalue weighted by Gasteiger charge is 2.02. The molecule has 2 N–H and O–H groups in total. The Morgan fingerprint density at radius 2 is 2.40 bits per heavy atom. The van der Waals surface area contributed by atoms with Gasteiger partial charge in [-0.05, 0) is 19.1 Å². The number of oxime groups is 1. The van der Waals surface area contributed by atoms with Gasteiger partial charge in [-0.15, -0.1) is 0 Å². The van der Waals surface area contributed by atoms with E-state index in [4.69, 9.17) is 5.21 Å². The molecule has 0 unspecified atom stereocenters. The molecule has 0 aliphatic carbocycles. The van der Waals surface area contributed by atoms with Crippen molar-refractivity contribution in [2.24, 2.45) is 10.3 Å². The van der Waals surface area contributed by atoms with Crippen LogP contribution in [0.2, 0.25) is 0 Å². The summed E-state index contributed by atoms with van der Waals surface area (Å²) in [5.41, 5.74) is 2.74. The number of hydrogen-bond donors (Lipinski definition) is 2. The fourth-order valence-electron chi connectivity index (χ4n) is 0.736. The van der Waals surface area contributed by atoms with Crippen molar-refractivity contribution in [3.63, 3.8) is 0 Å². The zero-order valence-electron chi connectivity index (χ0n) is 8.08. The van der Waals surface area contributed by atoms with Crippen molar-refractivity contribution in [2.75, 3.05) is 0 Å². The van der Waals surface area contributed by atoms with E-state index in [-0.39, 0.29) is 5.71 Å². The largest absolute Gasteiger partial charge is 0.410 e. The second-order valence-electron chi connectivity index (χ2n) is 2.64. The quantitative estimate of drug-likeness (QED) is 0.426. The molecule has 6 nitrogen and oxygen atoms in total. The molecule has 0 radical (unpaired) electrons. The molecule has 0 spiro atoms. The Bertz CT molecular complexity index is 386. The van der Waals surface area contributed by atoms with Gasteiger partial charge in [0.25, 0.3) is 5.91 Å². The van der Waals surface area contributed by atoms with Gasteiger partial charge in [0.05, 0.1) is 11.9 Å². The molecule has 1 amide bonds. The van der Waals surface area contributed by atoms with Gasteiger partial charge in [0.15, 0.2) is 0 Å². The number of pyridine rings is 1. The summed E-state index contributed by atoms with van der Waals surface area (Å²) in [6.07, 6.45) is 3.01. The third-order valence-electron chi connectivity index (χ3n) is 1.53. The van der Waals surface area contributed by atoms with E-state index >= 15 is 0 Å². The minimum absolute atomic E-state index is 0.0619. The number of amides is 1. The molecular weight excluding hydrogens is 196 g/mol. The zero-order valence-corrected chi connectivity index (χ0v) is 8.08. The van der Waals surface area contributed by atoms with Gasteiger partial charge in [-0.1, -0.05) is 11.2 Å². The number of aromatic nitrogens is 1. The van der Waals surface area contributed by atoms with Crippen LogP contribution in [0, 0.1) is 0 Å². The number of carbonyl (C=O) groups is 1. The summed E-state index contributed by atoms with van der Waals surface area (Å²) < 4.78 is 0. The molecule has 0 aromatic carbocycles. The Morgan fingerprint density at radius 1 is 1.60 bits per heavy atom. The topological polar surface area (TPSA) is 86.9 Å². The summed E-state index contributed by atoms with van der Waals surface area (Å²) >= 11 is 0. The zero-order chi connectivity index (χ0) is 11.1. The standard InChI is InChI=1S/C9H10N4O2/c1-7(13-15)9(14)12-11-6-8-4-2-3-5-10-8/h2-6,15H,1H3,(H,12,14)/b11-6+,13-7+. The lowest BCUT2D eigenvalue weighted by Gasteiger charge is -1.95. The van der Waals surface area contributed by atoms with Gasteiger partial charge >= 0.3 is 0 Å². The van der Waals surface area contributed by atoms with Gasteiger partial charge in [0.2, 0.25) is 0 Å². The number of rotatable bonds is 3. The van der Waals surface area contributed by atoms with Crippen molar-refractivity contribution in [3.05, 3.63) is 30.1 Å². The number of hydrogen-bond acceptors (Lipinski definition) is 5. The third kappa shape index (κ3) is 3.55. The van der Waals surface area contributed by atoms with Crippen LogP contribution in [0.15, 0.2) is 34.7 Å². The van der Waals surface area contributed by atoms with E-state index in [0.29, 0.717) is 5.69 Å². The van der Waals surface area contributed by atoms with Crippen molar-refractivity contribution >= 4 is 17.8 Å². The van der Waals surface area contributed by atoms with Crippen molar-refractivity contribution in [1.29, 1.82) is 0 Å². The summed E-state index contributed by atoms with van der Waals surface area (Å²) in [6.45, 7) is 1.37. The van der Waals surface area contributed by atoms with Crippen LogP contribution in [0.3, 0.4) is 0 Å². The molecule has 6 heteroatoms. The smallest absolute Gasteiger partial charge is 0.288 e. The Kier molecular flexibility index (Phi) is 3.96. The molecule has 0 bridgehead atoms. The maximum absolute atomic E-state index is 11.0. The lowest BCUT2D eigenvalue weighted by molar-refractivity contribution is -0.114. The Labute approximate surface area is 86.3 Å². The molecule has 0 fully saturated rings. The summed E-state index contributed by atoms with van der Waals surface area (Å²) in [5.74, 6) is -0.565. The maximum Gasteiger partial charge on any atom is 0.288 e. The highest BCUT2D eigenvalue weighted by Crippen LogP contribution is 1.87. The second-order valence-corrected chi connectivity index (χ2v) is 2.64. The van der Waals surface area contributed by atoms with E-state index in [2.05, 4.69) is 20.7 Å². The molecular formula is C9H10N4O2. The summed E-state index contributed by atoms with van der Waals surface area (Å²) in [7, 11) is 0. The summed E-state index contributed by atoms with van der Waals surface area (Å²) in [6, 6.07) is 5.32. The normalized spacial score (nSPS) is 11.7. The van der Waals surface area contributed by atoms with Crippen molar-refractivity contribution in [1.82, 2.24) is 10.4 Å². The van der Waals surface area contributed by atoms with E-state index in [0.717, 1.165) is 0 Å². The Balaban J connectivity index is 2.51. The van der Waals surface area contributed by atoms with Crippen molar-refractivity contribution in [3.8, 4) is 0 Å². The molecule has 0 saturated carbocycles. The third-order valence-corrected chi connectivity index (χ3v) is 1.53. The van der Waals surface area contributed by atoms with Crippen LogP contribution in [0.25, 0.3) is 0 Å². The van der Waals surface area contributed by atoms with Crippen LogP contribution in [-0.2, 0) is 4.79 Å². The minimum atomic E-state index is -0.565. The van der Waals surface area contributed by atoms with Crippen LogP contribution >= 0.6 is 0 Å². The van der Waals surface area contributed by atoms with Crippen molar-refractivity contribution < 1.29 is 10.0 Å². The lowest BCUT2D eigenvalue weighted by atomic mass is 10.4. The number of hydrazone groups is 1. The number of carbonyl (C=O) groups excluding carboxylic acids is 1. The summed E-state index contributed by atoms with van der Waals surface area (Å²) in [5, 5.41) is 14.6. The van der Waals surface area contributed by atoms with E-state index in [9.17, 15) is 4.79 Å². The highest BCUT2D eigenvalue weighted by atomic mass is 16.4.